The number of halogens is 3. The molecule has 0 N–H and O–H groups in total. The molecule has 0 bridgehead atoms. The minimum Gasteiger partial charge on any atom is -0.355 e. The van der Waals surface area contributed by atoms with Crippen LogP contribution in [0.1, 0.15) is 37.3 Å². The van der Waals surface area contributed by atoms with Gasteiger partial charge in [-0.1, -0.05) is 5.16 Å². The number of hydrogen-bond acceptors (Lipinski definition) is 8. The van der Waals surface area contributed by atoms with Gasteiger partial charge in [-0.3, -0.25) is 14.7 Å². The van der Waals surface area contributed by atoms with Gasteiger partial charge >= 0.3 is 0 Å². The molecular weight excluding hydrogens is 477 g/mol. The molecule has 182 valence electrons. The number of nitrogens with zero attached hydrogens (tertiary/aromatic N) is 6. The number of fused-ring (bicyclic) bond motifs is 3. The molecule has 1 aromatic heterocycles. The zero-order chi connectivity index (χ0) is 25.2. The summed E-state index contributed by atoms with van der Waals surface area (Å²) in [4.78, 5) is 25.5. The molecule has 6 rings (SSSR count). The van der Waals surface area contributed by atoms with E-state index in [-0.39, 0.29) is 28.5 Å². The van der Waals surface area contributed by atoms with Crippen LogP contribution in [0.15, 0.2) is 39.8 Å². The topological polar surface area (TPSA) is 108 Å². The maximum absolute atomic E-state index is 14.7. The first-order valence-corrected chi connectivity index (χ1v) is 11.1. The second-order valence-corrected chi connectivity index (χ2v) is 8.84. The maximum atomic E-state index is 14.7. The minimum atomic E-state index is -1.11. The Morgan fingerprint density at radius 1 is 1.19 bits per heavy atom. The number of rotatable bonds is 3. The lowest BCUT2D eigenvalue weighted by Gasteiger charge is -2.46. The molecule has 0 saturated carbocycles. The minimum absolute atomic E-state index is 0.0608. The van der Waals surface area contributed by atoms with E-state index in [2.05, 4.69) is 15.1 Å². The smallest absolute Gasteiger partial charge is 0.255 e. The van der Waals surface area contributed by atoms with E-state index in [9.17, 15) is 23.2 Å². The van der Waals surface area contributed by atoms with Crippen molar-refractivity contribution in [1.29, 1.82) is 5.26 Å². The van der Waals surface area contributed by atoms with Gasteiger partial charge in [0.2, 0.25) is 5.82 Å². The Balaban J connectivity index is 1.45. The van der Waals surface area contributed by atoms with Crippen molar-refractivity contribution in [2.75, 3.05) is 16.4 Å². The second kappa shape index (κ2) is 7.89. The van der Waals surface area contributed by atoms with Gasteiger partial charge in [-0.05, 0) is 44.0 Å². The first-order valence-electron chi connectivity index (χ1n) is 11.1. The maximum Gasteiger partial charge on any atom is 0.255 e. The van der Waals surface area contributed by atoms with Crippen LogP contribution in [-0.2, 0) is 9.53 Å². The fourth-order valence-electron chi connectivity index (χ4n) is 5.00. The molecule has 0 radical (unpaired) electrons. The van der Waals surface area contributed by atoms with Crippen LogP contribution < -0.4 is 9.80 Å². The highest BCUT2D eigenvalue weighted by atomic mass is 19.1. The summed E-state index contributed by atoms with van der Waals surface area (Å²) in [5, 5.41) is 13.5. The van der Waals surface area contributed by atoms with Crippen LogP contribution >= 0.6 is 0 Å². The third-order valence-electron chi connectivity index (χ3n) is 6.68. The van der Waals surface area contributed by atoms with Gasteiger partial charge in [0.25, 0.3) is 11.8 Å². The van der Waals surface area contributed by atoms with E-state index < -0.39 is 41.2 Å². The molecule has 4 heterocycles. The van der Waals surface area contributed by atoms with Crippen molar-refractivity contribution in [2.24, 2.45) is 4.99 Å². The monoisotopic (exact) mass is 494 g/mol. The van der Waals surface area contributed by atoms with Crippen LogP contribution in [0.4, 0.5) is 24.5 Å². The summed E-state index contributed by atoms with van der Waals surface area (Å²) in [5.74, 6) is -3.07. The first kappa shape index (κ1) is 22.2. The van der Waals surface area contributed by atoms with Crippen molar-refractivity contribution in [2.45, 2.75) is 37.6 Å². The highest BCUT2D eigenvalue weighted by Gasteiger charge is 2.54. The van der Waals surface area contributed by atoms with Crippen molar-refractivity contribution < 1.29 is 27.2 Å². The molecule has 0 aliphatic carbocycles. The van der Waals surface area contributed by atoms with Crippen molar-refractivity contribution in [1.82, 2.24) is 10.1 Å². The molecule has 0 spiro atoms. The van der Waals surface area contributed by atoms with E-state index in [4.69, 9.17) is 9.26 Å². The quantitative estimate of drug-likeness (QED) is 0.544. The molecule has 3 aliphatic heterocycles. The number of benzene rings is 2. The number of ether oxygens (including phenoxy) is 1. The normalized spacial score (nSPS) is 24.7. The Bertz CT molecular complexity index is 1480. The van der Waals surface area contributed by atoms with Crippen LogP contribution in [0, 0.1) is 28.8 Å². The van der Waals surface area contributed by atoms with Gasteiger partial charge in [0.05, 0.1) is 23.3 Å². The predicted molar refractivity (Wildman–Crippen MR) is 119 cm³/mol. The Morgan fingerprint density at radius 2 is 2.03 bits per heavy atom. The molecule has 3 aromatic rings. The second-order valence-electron chi connectivity index (χ2n) is 8.84. The molecule has 12 heteroatoms. The van der Waals surface area contributed by atoms with Gasteiger partial charge < -0.3 is 14.2 Å². The molecule has 3 unspecified atom stereocenters. The molecule has 1 fully saturated rings. The van der Waals surface area contributed by atoms with Crippen molar-refractivity contribution >= 4 is 23.6 Å². The third kappa shape index (κ3) is 3.12. The van der Waals surface area contributed by atoms with Crippen LogP contribution in [0.5, 0.6) is 0 Å². The van der Waals surface area contributed by atoms with E-state index in [0.717, 1.165) is 12.1 Å². The van der Waals surface area contributed by atoms with Gasteiger partial charge in [-0.25, -0.2) is 13.2 Å². The van der Waals surface area contributed by atoms with E-state index in [0.29, 0.717) is 31.2 Å². The summed E-state index contributed by atoms with van der Waals surface area (Å²) in [6.45, 7) is 2.12. The Morgan fingerprint density at radius 3 is 2.75 bits per heavy atom. The fourth-order valence-corrected chi connectivity index (χ4v) is 5.00. The van der Waals surface area contributed by atoms with Gasteiger partial charge in [0.1, 0.15) is 40.9 Å². The van der Waals surface area contributed by atoms with Gasteiger partial charge in [0, 0.05) is 12.7 Å². The lowest BCUT2D eigenvalue weighted by molar-refractivity contribution is -0.125. The summed E-state index contributed by atoms with van der Waals surface area (Å²) in [7, 11) is 0. The summed E-state index contributed by atoms with van der Waals surface area (Å²) in [6, 6.07) is 5.48. The number of hydrogen-bond donors (Lipinski definition) is 0. The molecule has 1 saturated heterocycles. The highest BCUT2D eigenvalue weighted by Crippen LogP contribution is 2.49. The van der Waals surface area contributed by atoms with Crippen LogP contribution in [0.3, 0.4) is 0 Å². The van der Waals surface area contributed by atoms with Crippen molar-refractivity contribution in [3.05, 3.63) is 59.2 Å². The molecule has 1 amide bonds. The van der Waals surface area contributed by atoms with Crippen LogP contribution in [0.25, 0.3) is 11.4 Å². The first-order chi connectivity index (χ1) is 17.3. The number of anilines is 2. The summed E-state index contributed by atoms with van der Waals surface area (Å²) >= 11 is 0. The Labute approximate surface area is 202 Å². The number of carbonyl (C=O) groups excluding carboxylic acids is 1. The number of aromatic nitrogens is 2. The van der Waals surface area contributed by atoms with E-state index in [1.54, 1.807) is 6.92 Å². The number of carbonyl (C=O) groups is 1. The van der Waals surface area contributed by atoms with Gasteiger partial charge in [-0.15, -0.1) is 0 Å². The van der Waals surface area contributed by atoms with Gasteiger partial charge in [-0.2, -0.15) is 10.2 Å². The largest absolute Gasteiger partial charge is 0.355 e. The van der Waals surface area contributed by atoms with Gasteiger partial charge in [0.15, 0.2) is 6.04 Å². The fraction of sp³-hybridized carbons (Fsp3) is 0.292. The average molecular weight is 494 g/mol. The third-order valence-corrected chi connectivity index (χ3v) is 6.68. The predicted octanol–water partition coefficient (Wildman–Crippen LogP) is 3.86. The number of aliphatic imine (C=N–C) groups is 1. The van der Waals surface area contributed by atoms with Crippen LogP contribution in [-0.4, -0.2) is 40.8 Å². The summed E-state index contributed by atoms with van der Waals surface area (Å²) in [6.07, 6.45) is 2.55. The molecule has 2 aromatic carbocycles. The summed E-state index contributed by atoms with van der Waals surface area (Å²) < 4.78 is 53.5. The Hall–Kier alpha value is -4.24. The Kier molecular flexibility index (Phi) is 4.87. The summed E-state index contributed by atoms with van der Waals surface area (Å²) in [5.41, 5.74) is -0.963. The van der Waals surface area contributed by atoms with Crippen molar-refractivity contribution in [3.8, 4) is 17.5 Å². The molecule has 36 heavy (non-hydrogen) atoms. The molecule has 9 nitrogen and oxygen atoms in total. The lowest BCUT2D eigenvalue weighted by Crippen LogP contribution is -2.60. The molecule has 3 aliphatic rings. The average Bonchev–Trinajstić information content (AvgIpc) is 3.59. The lowest BCUT2D eigenvalue weighted by atomic mass is 9.95. The zero-order valence-corrected chi connectivity index (χ0v) is 18.8. The number of amides is 1. The SMILES string of the molecule is CC1(N2C(=O)C3C(c4nc(-c5ccc(F)cc5F)no4)N=CN3c3ccc(F)c(C#N)c32)CCCO1. The van der Waals surface area contributed by atoms with E-state index in [1.807, 2.05) is 6.07 Å². The van der Waals surface area contributed by atoms with Crippen LogP contribution in [0.2, 0.25) is 0 Å². The highest BCUT2D eigenvalue weighted by molar-refractivity contribution is 6.13. The van der Waals surface area contributed by atoms with E-state index in [1.165, 1.54) is 28.3 Å². The van der Waals surface area contributed by atoms with Crippen molar-refractivity contribution in [3.63, 3.8) is 0 Å². The zero-order valence-electron chi connectivity index (χ0n) is 18.8. The molecular formula is C24H17F3N6O3. The molecule has 3 atom stereocenters. The standard InChI is InChI=1S/C24H17F3N6O3/c1-24(7-2-8-35-24)33-19-14(10-28)15(26)5-6-17(19)32-11-29-18(20(32)23(33)34)22-30-21(31-36-22)13-4-3-12(25)9-16(13)27/h3-6,9,11,18,20H,2,7-8H2,1H3. The van der Waals surface area contributed by atoms with E-state index >= 15 is 0 Å². The number of nitriles is 1.